The average Bonchev–Trinajstić information content (AvgIpc) is 2.63. The second kappa shape index (κ2) is 9.08. The minimum atomic E-state index is -0.689. The van der Waals surface area contributed by atoms with Crippen LogP contribution >= 0.6 is 15.9 Å². The van der Waals surface area contributed by atoms with Crippen LogP contribution in [0.5, 0.6) is 17.2 Å². The molecule has 132 valence electrons. The molecular formula is C18H19BrN2O4. The van der Waals surface area contributed by atoms with E-state index >= 15 is 0 Å². The predicted octanol–water partition coefficient (Wildman–Crippen LogP) is 3.38. The number of amides is 1. The Bertz CT molecular complexity index is 747. The quantitative estimate of drug-likeness (QED) is 0.565. The first kappa shape index (κ1) is 18.8. The average molecular weight is 407 g/mol. The van der Waals surface area contributed by atoms with E-state index in [9.17, 15) is 4.79 Å². The number of hydrazone groups is 1. The number of methoxy groups -OCH3 is 2. The van der Waals surface area contributed by atoms with Gasteiger partial charge in [-0.15, -0.1) is 0 Å². The Hall–Kier alpha value is -2.54. The van der Waals surface area contributed by atoms with E-state index in [4.69, 9.17) is 14.2 Å². The first-order chi connectivity index (χ1) is 12.0. The monoisotopic (exact) mass is 406 g/mol. The van der Waals surface area contributed by atoms with Crippen LogP contribution in [0.4, 0.5) is 0 Å². The van der Waals surface area contributed by atoms with Crippen molar-refractivity contribution in [2.75, 3.05) is 14.2 Å². The summed E-state index contributed by atoms with van der Waals surface area (Å²) in [6, 6.07) is 12.6. The Morgan fingerprint density at radius 3 is 2.52 bits per heavy atom. The summed E-state index contributed by atoms with van der Waals surface area (Å²) in [7, 11) is 3.10. The summed E-state index contributed by atoms with van der Waals surface area (Å²) in [6.07, 6.45) is 0.802. The highest BCUT2D eigenvalue weighted by Crippen LogP contribution is 2.29. The summed E-state index contributed by atoms with van der Waals surface area (Å²) < 4.78 is 17.0. The number of hydrogen-bond acceptors (Lipinski definition) is 5. The molecule has 0 aliphatic rings. The third kappa shape index (κ3) is 5.22. The van der Waals surface area contributed by atoms with Crippen molar-refractivity contribution in [2.45, 2.75) is 13.0 Å². The highest BCUT2D eigenvalue weighted by atomic mass is 79.9. The number of para-hydroxylation sites is 1. The van der Waals surface area contributed by atoms with E-state index in [1.54, 1.807) is 45.4 Å². The summed E-state index contributed by atoms with van der Waals surface area (Å²) in [5.74, 6) is 1.37. The molecule has 1 atom stereocenters. The Labute approximate surface area is 154 Å². The molecule has 0 fully saturated rings. The van der Waals surface area contributed by atoms with E-state index in [0.717, 1.165) is 4.47 Å². The molecule has 0 radical (unpaired) electrons. The van der Waals surface area contributed by atoms with Crippen molar-refractivity contribution in [1.82, 2.24) is 5.43 Å². The van der Waals surface area contributed by atoms with Crippen LogP contribution < -0.4 is 19.6 Å². The standard InChI is InChI=1S/C18H19BrN2O4/c1-12(25-15-9-7-14(19)8-10-15)18(22)21-20-11-13-5-4-6-16(23-2)17(13)24-3/h4-12H,1-3H3,(H,21,22). The maximum atomic E-state index is 12.1. The number of halogens is 1. The van der Waals surface area contributed by atoms with Crippen LogP contribution in [-0.2, 0) is 4.79 Å². The van der Waals surface area contributed by atoms with Gasteiger partial charge in [-0.2, -0.15) is 5.10 Å². The number of nitrogens with zero attached hydrogens (tertiary/aromatic N) is 1. The van der Waals surface area contributed by atoms with E-state index < -0.39 is 6.10 Å². The van der Waals surface area contributed by atoms with Gasteiger partial charge in [-0.3, -0.25) is 4.79 Å². The lowest BCUT2D eigenvalue weighted by Crippen LogP contribution is -2.33. The highest BCUT2D eigenvalue weighted by molar-refractivity contribution is 9.10. The first-order valence-electron chi connectivity index (χ1n) is 7.51. The van der Waals surface area contributed by atoms with E-state index in [1.165, 1.54) is 6.21 Å². The second-order valence-electron chi connectivity index (χ2n) is 5.03. The molecule has 0 saturated carbocycles. The molecule has 2 aromatic rings. The molecule has 0 saturated heterocycles. The minimum Gasteiger partial charge on any atom is -0.493 e. The number of hydrogen-bond donors (Lipinski definition) is 1. The molecule has 25 heavy (non-hydrogen) atoms. The molecule has 0 heterocycles. The van der Waals surface area contributed by atoms with Gasteiger partial charge in [0.05, 0.1) is 20.4 Å². The molecule has 1 amide bonds. The third-order valence-electron chi connectivity index (χ3n) is 3.31. The van der Waals surface area contributed by atoms with Gasteiger partial charge in [-0.25, -0.2) is 5.43 Å². The van der Waals surface area contributed by atoms with E-state index in [-0.39, 0.29) is 5.91 Å². The van der Waals surface area contributed by atoms with Crippen LogP contribution in [0.3, 0.4) is 0 Å². The second-order valence-corrected chi connectivity index (χ2v) is 5.95. The van der Waals surface area contributed by atoms with Crippen molar-refractivity contribution >= 4 is 28.1 Å². The van der Waals surface area contributed by atoms with Crippen molar-refractivity contribution < 1.29 is 19.0 Å². The number of carbonyl (C=O) groups excluding carboxylic acids is 1. The van der Waals surface area contributed by atoms with Gasteiger partial charge < -0.3 is 14.2 Å². The fourth-order valence-electron chi connectivity index (χ4n) is 2.04. The molecule has 1 N–H and O–H groups in total. The molecule has 0 bridgehead atoms. The topological polar surface area (TPSA) is 69.2 Å². The zero-order valence-electron chi connectivity index (χ0n) is 14.2. The summed E-state index contributed by atoms with van der Waals surface area (Å²) in [5, 5.41) is 3.95. The van der Waals surface area contributed by atoms with Crippen LogP contribution in [0.25, 0.3) is 0 Å². The highest BCUT2D eigenvalue weighted by Gasteiger charge is 2.14. The van der Waals surface area contributed by atoms with Gasteiger partial charge in [0.2, 0.25) is 0 Å². The van der Waals surface area contributed by atoms with Crippen LogP contribution in [0.1, 0.15) is 12.5 Å². The maximum Gasteiger partial charge on any atom is 0.280 e. The number of carbonyl (C=O) groups is 1. The third-order valence-corrected chi connectivity index (χ3v) is 3.84. The maximum absolute atomic E-state index is 12.1. The van der Waals surface area contributed by atoms with E-state index in [1.807, 2.05) is 18.2 Å². The minimum absolute atomic E-state index is 0.360. The van der Waals surface area contributed by atoms with Gasteiger partial charge in [-0.1, -0.05) is 22.0 Å². The number of nitrogens with one attached hydrogen (secondary N) is 1. The normalized spacial score (nSPS) is 11.8. The Balaban J connectivity index is 1.97. The molecule has 0 aromatic heterocycles. The fraction of sp³-hybridized carbons (Fsp3) is 0.222. The largest absolute Gasteiger partial charge is 0.493 e. The fourth-order valence-corrected chi connectivity index (χ4v) is 2.31. The smallest absolute Gasteiger partial charge is 0.280 e. The van der Waals surface area contributed by atoms with Gasteiger partial charge >= 0.3 is 0 Å². The van der Waals surface area contributed by atoms with Crippen molar-refractivity contribution in [3.05, 3.63) is 52.5 Å². The first-order valence-corrected chi connectivity index (χ1v) is 8.30. The van der Waals surface area contributed by atoms with Gasteiger partial charge in [0.1, 0.15) is 5.75 Å². The van der Waals surface area contributed by atoms with Crippen LogP contribution in [0, 0.1) is 0 Å². The van der Waals surface area contributed by atoms with Crippen molar-refractivity contribution in [3.63, 3.8) is 0 Å². The molecule has 0 aliphatic heterocycles. The van der Waals surface area contributed by atoms with Gasteiger partial charge in [-0.05, 0) is 43.3 Å². The molecule has 2 aromatic carbocycles. The Morgan fingerprint density at radius 2 is 1.88 bits per heavy atom. The number of benzene rings is 2. The lowest BCUT2D eigenvalue weighted by molar-refractivity contribution is -0.127. The predicted molar refractivity (Wildman–Crippen MR) is 99.5 cm³/mol. The molecule has 2 rings (SSSR count). The summed E-state index contributed by atoms with van der Waals surface area (Å²) >= 11 is 3.35. The molecule has 1 unspecified atom stereocenters. The molecule has 0 aliphatic carbocycles. The number of ether oxygens (including phenoxy) is 3. The Morgan fingerprint density at radius 1 is 1.16 bits per heavy atom. The zero-order valence-corrected chi connectivity index (χ0v) is 15.7. The van der Waals surface area contributed by atoms with Gasteiger partial charge in [0, 0.05) is 10.0 Å². The summed E-state index contributed by atoms with van der Waals surface area (Å²) in [4.78, 5) is 12.1. The molecule has 7 heteroatoms. The molecular weight excluding hydrogens is 388 g/mol. The summed E-state index contributed by atoms with van der Waals surface area (Å²) in [6.45, 7) is 1.65. The van der Waals surface area contributed by atoms with Crippen LogP contribution in [0.2, 0.25) is 0 Å². The van der Waals surface area contributed by atoms with E-state index in [0.29, 0.717) is 22.8 Å². The van der Waals surface area contributed by atoms with Crippen molar-refractivity contribution in [2.24, 2.45) is 5.10 Å². The van der Waals surface area contributed by atoms with Gasteiger partial charge in [0.15, 0.2) is 17.6 Å². The molecule has 6 nitrogen and oxygen atoms in total. The van der Waals surface area contributed by atoms with Crippen molar-refractivity contribution in [3.8, 4) is 17.2 Å². The zero-order chi connectivity index (χ0) is 18.2. The van der Waals surface area contributed by atoms with E-state index in [2.05, 4.69) is 26.5 Å². The SMILES string of the molecule is COc1cccc(C=NNC(=O)C(C)Oc2ccc(Br)cc2)c1OC. The summed E-state index contributed by atoms with van der Waals surface area (Å²) in [5.41, 5.74) is 3.14. The molecule has 0 spiro atoms. The van der Waals surface area contributed by atoms with Crippen LogP contribution in [-0.4, -0.2) is 32.4 Å². The lowest BCUT2D eigenvalue weighted by Gasteiger charge is -2.13. The lowest BCUT2D eigenvalue weighted by atomic mass is 10.2. The number of rotatable bonds is 7. The van der Waals surface area contributed by atoms with Crippen LogP contribution in [0.15, 0.2) is 52.0 Å². The van der Waals surface area contributed by atoms with Crippen molar-refractivity contribution in [1.29, 1.82) is 0 Å². The van der Waals surface area contributed by atoms with Gasteiger partial charge in [0.25, 0.3) is 5.91 Å². The Kier molecular flexibility index (Phi) is 6.82.